The van der Waals surface area contributed by atoms with Crippen LogP contribution < -0.4 is 9.32 Å². The highest BCUT2D eigenvalue weighted by Gasteiger charge is 2.62. The van der Waals surface area contributed by atoms with Crippen LogP contribution in [0.2, 0.25) is 0 Å². The van der Waals surface area contributed by atoms with Gasteiger partial charge in [-0.05, 0) is 90.4 Å². The molecule has 30 heavy (non-hydrogen) atoms. The Morgan fingerprint density at radius 3 is 2.67 bits per heavy atom. The summed E-state index contributed by atoms with van der Waals surface area (Å²) < 4.78 is 27.7. The summed E-state index contributed by atoms with van der Waals surface area (Å²) >= 11 is 0. The molecule has 2 saturated carbocycles. The van der Waals surface area contributed by atoms with Crippen molar-refractivity contribution in [3.8, 4) is 5.75 Å². The van der Waals surface area contributed by atoms with E-state index in [4.69, 9.17) is 9.32 Å². The van der Waals surface area contributed by atoms with Crippen molar-refractivity contribution in [2.45, 2.75) is 90.6 Å². The number of aliphatic hydroxyl groups excluding tert-OH is 1. The molecule has 0 aliphatic heterocycles. The molecule has 3 aliphatic carbocycles. The van der Waals surface area contributed by atoms with Crippen LogP contribution in [-0.2, 0) is 16.7 Å². The lowest BCUT2D eigenvalue weighted by molar-refractivity contribution is -0.0948. The van der Waals surface area contributed by atoms with Crippen molar-refractivity contribution >= 4 is 10.3 Å². The number of hydrogen-bond acceptors (Lipinski definition) is 4. The molecule has 0 heterocycles. The lowest BCUT2D eigenvalue weighted by atomic mass is 9.44. The van der Waals surface area contributed by atoms with Crippen molar-refractivity contribution in [3.63, 3.8) is 0 Å². The lowest BCUT2D eigenvalue weighted by Gasteiger charge is -2.60. The van der Waals surface area contributed by atoms with Gasteiger partial charge in [-0.2, -0.15) is 13.6 Å². The van der Waals surface area contributed by atoms with Crippen molar-refractivity contribution in [2.75, 3.05) is 0 Å². The summed E-state index contributed by atoms with van der Waals surface area (Å²) in [6.07, 6.45) is 9.77. The average molecular weight is 436 g/mol. The molecule has 4 rings (SSSR count). The largest absolute Gasteiger partial charge is 0.393 e. The number of hydrogen-bond donors (Lipinski definition) is 2. The van der Waals surface area contributed by atoms with E-state index in [1.54, 1.807) is 6.07 Å². The van der Waals surface area contributed by atoms with Crippen molar-refractivity contribution in [1.29, 1.82) is 0 Å². The molecule has 168 valence electrons. The zero-order valence-electron chi connectivity index (χ0n) is 18.6. The monoisotopic (exact) mass is 435 g/mol. The van der Waals surface area contributed by atoms with Crippen LogP contribution >= 0.6 is 0 Å². The number of aryl methyl sites for hydroxylation is 1. The SMILES string of the molecule is CCCCC[C@H]1C[C@@]2(C)[C@@H](CC[C@@H]2O)[C@]2(C)CCc3cc(OS(N)(=O)=O)ccc3[C@@H]12. The second-order valence-corrected chi connectivity index (χ2v) is 11.7. The molecule has 6 atom stereocenters. The third-order valence-corrected chi connectivity index (χ3v) is 9.16. The van der Waals surface area contributed by atoms with Crippen molar-refractivity contribution < 1.29 is 17.7 Å². The quantitative estimate of drug-likeness (QED) is 0.635. The summed E-state index contributed by atoms with van der Waals surface area (Å²) in [5.41, 5.74) is 2.73. The maximum atomic E-state index is 11.4. The molecule has 0 saturated heterocycles. The number of benzene rings is 1. The van der Waals surface area contributed by atoms with Gasteiger partial charge in [-0.25, -0.2) is 0 Å². The molecule has 1 aromatic carbocycles. The molecule has 0 bridgehead atoms. The molecule has 5 nitrogen and oxygen atoms in total. The topological polar surface area (TPSA) is 89.6 Å². The predicted molar refractivity (Wildman–Crippen MR) is 118 cm³/mol. The van der Waals surface area contributed by atoms with E-state index in [1.807, 2.05) is 6.07 Å². The molecule has 6 heteroatoms. The Bertz CT molecular complexity index is 900. The molecule has 0 aromatic heterocycles. The molecule has 1 aromatic rings. The highest BCUT2D eigenvalue weighted by atomic mass is 32.2. The number of rotatable bonds is 6. The van der Waals surface area contributed by atoms with Crippen molar-refractivity contribution in [2.24, 2.45) is 27.8 Å². The van der Waals surface area contributed by atoms with Gasteiger partial charge in [0.2, 0.25) is 0 Å². The van der Waals surface area contributed by atoms with Gasteiger partial charge in [-0.15, -0.1) is 0 Å². The zero-order valence-corrected chi connectivity index (χ0v) is 19.4. The van der Waals surface area contributed by atoms with Crippen molar-refractivity contribution in [3.05, 3.63) is 29.3 Å². The standard InChI is InChI=1S/C24H37NO4S/c1-4-5-6-7-17-15-24(3)20(10-11-21(24)26)23(2)13-12-16-14-18(29-30(25,27)28)8-9-19(16)22(17)23/h8-9,14,17,20-22,26H,4-7,10-13,15H2,1-3H3,(H2,25,27,28)/t17-,20-,21-,22+,23-,24-/m0/s1. The van der Waals surface area contributed by atoms with Gasteiger partial charge < -0.3 is 9.29 Å². The third kappa shape index (κ3) is 3.69. The molecule has 0 radical (unpaired) electrons. The molecular formula is C24H37NO4S. The minimum Gasteiger partial charge on any atom is -0.393 e. The van der Waals surface area contributed by atoms with E-state index < -0.39 is 10.3 Å². The Morgan fingerprint density at radius 1 is 1.20 bits per heavy atom. The van der Waals surface area contributed by atoms with Crippen LogP contribution in [0.15, 0.2) is 18.2 Å². The average Bonchev–Trinajstić information content (AvgIpc) is 2.96. The number of aliphatic hydroxyl groups is 1. The molecular weight excluding hydrogens is 398 g/mol. The van der Waals surface area contributed by atoms with Gasteiger partial charge in [0.05, 0.1) is 6.10 Å². The van der Waals surface area contributed by atoms with Gasteiger partial charge >= 0.3 is 10.3 Å². The Morgan fingerprint density at radius 2 is 1.97 bits per heavy atom. The van der Waals surface area contributed by atoms with E-state index >= 15 is 0 Å². The van der Waals surface area contributed by atoms with E-state index in [2.05, 4.69) is 26.8 Å². The second-order valence-electron chi connectivity index (χ2n) is 10.5. The van der Waals surface area contributed by atoms with Crippen LogP contribution in [0, 0.1) is 22.7 Å². The summed E-state index contributed by atoms with van der Waals surface area (Å²) in [6, 6.07) is 5.72. The fourth-order valence-electron chi connectivity index (χ4n) is 7.57. The first-order valence-corrected chi connectivity index (χ1v) is 13.1. The van der Waals surface area contributed by atoms with Gasteiger partial charge in [0.25, 0.3) is 0 Å². The highest BCUT2D eigenvalue weighted by molar-refractivity contribution is 7.84. The molecule has 3 N–H and O–H groups in total. The first kappa shape index (κ1) is 22.1. The van der Waals surface area contributed by atoms with E-state index in [1.165, 1.54) is 36.8 Å². The maximum Gasteiger partial charge on any atom is 0.380 e. The smallest absolute Gasteiger partial charge is 0.380 e. The molecule has 0 spiro atoms. The predicted octanol–water partition coefficient (Wildman–Crippen LogP) is 4.68. The molecule has 2 fully saturated rings. The lowest BCUT2D eigenvalue weighted by Crippen LogP contribution is -2.53. The fraction of sp³-hybridized carbons (Fsp3) is 0.750. The molecule has 0 unspecified atom stereocenters. The van der Waals surface area contributed by atoms with Gasteiger partial charge in [-0.1, -0.05) is 46.1 Å². The molecule has 3 aliphatic rings. The van der Waals surface area contributed by atoms with Crippen LogP contribution in [0.25, 0.3) is 0 Å². The Kier molecular flexibility index (Phi) is 5.74. The Balaban J connectivity index is 1.73. The highest BCUT2D eigenvalue weighted by Crippen LogP contribution is 2.69. The van der Waals surface area contributed by atoms with E-state index in [0.29, 0.717) is 23.5 Å². The van der Waals surface area contributed by atoms with Crippen LogP contribution in [0.5, 0.6) is 5.75 Å². The summed E-state index contributed by atoms with van der Waals surface area (Å²) in [4.78, 5) is 0. The van der Waals surface area contributed by atoms with Crippen LogP contribution in [0.4, 0.5) is 0 Å². The van der Waals surface area contributed by atoms with Gasteiger partial charge in [0, 0.05) is 0 Å². The molecule has 0 amide bonds. The van der Waals surface area contributed by atoms with Gasteiger partial charge in [-0.3, -0.25) is 0 Å². The zero-order chi connectivity index (χ0) is 21.7. The fourth-order valence-corrected chi connectivity index (χ4v) is 7.94. The Hall–Kier alpha value is -1.11. The van der Waals surface area contributed by atoms with Crippen molar-refractivity contribution in [1.82, 2.24) is 0 Å². The third-order valence-electron chi connectivity index (χ3n) is 8.74. The summed E-state index contributed by atoms with van der Waals surface area (Å²) in [6.45, 7) is 7.04. The normalized spacial score (nSPS) is 37.9. The second kappa shape index (κ2) is 7.79. The van der Waals surface area contributed by atoms with Crippen LogP contribution in [-0.4, -0.2) is 19.6 Å². The van der Waals surface area contributed by atoms with E-state index in [9.17, 15) is 13.5 Å². The van der Waals surface area contributed by atoms with Crippen LogP contribution in [0.1, 0.15) is 89.2 Å². The first-order chi connectivity index (χ1) is 14.1. The Labute approximate surface area is 181 Å². The first-order valence-electron chi connectivity index (χ1n) is 11.6. The van der Waals surface area contributed by atoms with E-state index in [0.717, 1.165) is 32.1 Å². The van der Waals surface area contributed by atoms with Crippen LogP contribution in [0.3, 0.4) is 0 Å². The van der Waals surface area contributed by atoms with E-state index in [-0.39, 0.29) is 16.9 Å². The minimum atomic E-state index is -4.02. The number of nitrogens with two attached hydrogens (primary N) is 1. The maximum absolute atomic E-state index is 11.4. The number of unbranched alkanes of at least 4 members (excludes halogenated alkanes) is 2. The summed E-state index contributed by atoms with van der Waals surface area (Å²) in [7, 11) is -4.02. The summed E-state index contributed by atoms with van der Waals surface area (Å²) in [5.74, 6) is 1.82. The number of fused-ring (bicyclic) bond motifs is 5. The minimum absolute atomic E-state index is 0.0102. The van der Waals surface area contributed by atoms with Gasteiger partial charge in [0.1, 0.15) is 5.75 Å². The summed E-state index contributed by atoms with van der Waals surface area (Å²) in [5, 5.41) is 16.0. The van der Waals surface area contributed by atoms with Gasteiger partial charge in [0.15, 0.2) is 0 Å².